The number of hydrogen-bond acceptors (Lipinski definition) is 5. The summed E-state index contributed by atoms with van der Waals surface area (Å²) in [7, 11) is 0. The molecule has 5 rings (SSSR count). The van der Waals surface area contributed by atoms with Crippen molar-refractivity contribution >= 4 is 17.2 Å². The standard InChI is InChI=1S/C20H20ClN7/c1-19(2,12-16-22-26-27-23-16)15-4-3-11-28-17(15)24-25-18(28)20(9-10-20)13-5-7-14(21)8-6-13/h3-8,11H,9-10,12H2,1-2H3,(H,22,23,26,27). The summed E-state index contributed by atoms with van der Waals surface area (Å²) < 4.78 is 2.13. The molecule has 28 heavy (non-hydrogen) atoms. The molecule has 0 radical (unpaired) electrons. The zero-order chi connectivity index (χ0) is 19.4. The lowest BCUT2D eigenvalue weighted by molar-refractivity contribution is 0.508. The Morgan fingerprint density at radius 3 is 2.57 bits per heavy atom. The van der Waals surface area contributed by atoms with Crippen LogP contribution in [0.5, 0.6) is 0 Å². The molecule has 0 saturated heterocycles. The van der Waals surface area contributed by atoms with Crippen LogP contribution in [0.4, 0.5) is 0 Å². The molecule has 0 unspecified atom stereocenters. The van der Waals surface area contributed by atoms with Crippen LogP contribution in [0.2, 0.25) is 5.02 Å². The Bertz CT molecular complexity index is 1130. The van der Waals surface area contributed by atoms with Crippen molar-refractivity contribution < 1.29 is 0 Å². The molecule has 1 aliphatic rings. The van der Waals surface area contributed by atoms with Gasteiger partial charge in [-0.2, -0.15) is 5.21 Å². The summed E-state index contributed by atoms with van der Waals surface area (Å²) in [5.41, 5.74) is 2.94. The summed E-state index contributed by atoms with van der Waals surface area (Å²) in [5.74, 6) is 1.67. The first-order valence-electron chi connectivity index (χ1n) is 9.33. The molecule has 0 aliphatic heterocycles. The van der Waals surface area contributed by atoms with Crippen molar-refractivity contribution in [2.45, 2.75) is 43.9 Å². The number of nitrogens with zero attached hydrogens (tertiary/aromatic N) is 6. The molecule has 4 aromatic rings. The summed E-state index contributed by atoms with van der Waals surface area (Å²) >= 11 is 6.08. The van der Waals surface area contributed by atoms with Crippen molar-refractivity contribution in [3.63, 3.8) is 0 Å². The number of nitrogens with one attached hydrogen (secondary N) is 1. The van der Waals surface area contributed by atoms with E-state index >= 15 is 0 Å². The average Bonchev–Trinajstić information content (AvgIpc) is 3.11. The van der Waals surface area contributed by atoms with Crippen LogP contribution in [0.25, 0.3) is 5.65 Å². The first-order chi connectivity index (χ1) is 13.5. The van der Waals surface area contributed by atoms with Crippen molar-refractivity contribution in [2.24, 2.45) is 0 Å². The van der Waals surface area contributed by atoms with Gasteiger partial charge in [0.25, 0.3) is 0 Å². The molecule has 1 fully saturated rings. The molecule has 1 aromatic carbocycles. The normalized spacial score (nSPS) is 15.8. The largest absolute Gasteiger partial charge is 0.285 e. The SMILES string of the molecule is CC(C)(Cc1nn[nH]n1)c1cccn2c(C3(c4ccc(Cl)cc4)CC3)nnc12. The van der Waals surface area contributed by atoms with Crippen LogP contribution in [0, 0.1) is 0 Å². The summed E-state index contributed by atoms with van der Waals surface area (Å²) in [6, 6.07) is 12.3. The van der Waals surface area contributed by atoms with E-state index in [1.54, 1.807) is 0 Å². The van der Waals surface area contributed by atoms with Crippen LogP contribution in [0.15, 0.2) is 42.6 Å². The van der Waals surface area contributed by atoms with Gasteiger partial charge < -0.3 is 0 Å². The Hall–Kier alpha value is -2.80. The van der Waals surface area contributed by atoms with Crippen molar-refractivity contribution in [2.75, 3.05) is 0 Å². The van der Waals surface area contributed by atoms with Gasteiger partial charge >= 0.3 is 0 Å². The zero-order valence-electron chi connectivity index (χ0n) is 15.7. The van der Waals surface area contributed by atoms with E-state index in [1.807, 2.05) is 12.1 Å². The van der Waals surface area contributed by atoms with Gasteiger partial charge in [-0.15, -0.1) is 20.4 Å². The van der Waals surface area contributed by atoms with E-state index < -0.39 is 0 Å². The molecule has 0 atom stereocenters. The number of pyridine rings is 1. The quantitative estimate of drug-likeness (QED) is 0.561. The first kappa shape index (κ1) is 17.3. The van der Waals surface area contributed by atoms with Crippen molar-refractivity contribution in [3.8, 4) is 0 Å². The highest BCUT2D eigenvalue weighted by Gasteiger charge is 2.49. The molecule has 0 bridgehead atoms. The van der Waals surface area contributed by atoms with Crippen LogP contribution in [-0.2, 0) is 17.3 Å². The molecule has 0 spiro atoms. The summed E-state index contributed by atoms with van der Waals surface area (Å²) in [5, 5.41) is 24.4. The van der Waals surface area contributed by atoms with Gasteiger partial charge in [0.1, 0.15) is 5.82 Å². The average molecular weight is 394 g/mol. The number of halogens is 1. The lowest BCUT2D eigenvalue weighted by atomic mass is 9.81. The molecular weight excluding hydrogens is 374 g/mol. The van der Waals surface area contributed by atoms with E-state index in [-0.39, 0.29) is 10.8 Å². The minimum absolute atomic E-state index is 0.0829. The number of aromatic nitrogens is 7. The zero-order valence-corrected chi connectivity index (χ0v) is 16.5. The third kappa shape index (κ3) is 2.69. The fraction of sp³-hybridized carbons (Fsp3) is 0.350. The molecule has 1 N–H and O–H groups in total. The number of benzene rings is 1. The Morgan fingerprint density at radius 1 is 1.11 bits per heavy atom. The van der Waals surface area contributed by atoms with E-state index in [0.29, 0.717) is 12.2 Å². The van der Waals surface area contributed by atoms with Crippen molar-refractivity contribution in [1.29, 1.82) is 0 Å². The van der Waals surface area contributed by atoms with Gasteiger partial charge in [0.05, 0.1) is 5.41 Å². The topological polar surface area (TPSA) is 84.7 Å². The molecule has 1 saturated carbocycles. The van der Waals surface area contributed by atoms with Gasteiger partial charge in [-0.05, 0) is 36.6 Å². The van der Waals surface area contributed by atoms with Gasteiger partial charge in [-0.25, -0.2) is 0 Å². The number of aromatic amines is 1. The predicted molar refractivity (Wildman–Crippen MR) is 105 cm³/mol. The van der Waals surface area contributed by atoms with Gasteiger partial charge in [0.2, 0.25) is 0 Å². The van der Waals surface area contributed by atoms with E-state index in [2.05, 4.69) is 79.5 Å². The molecule has 3 heterocycles. The Labute approximate surface area is 167 Å². The number of rotatable bonds is 5. The number of hydrogen-bond donors (Lipinski definition) is 1. The van der Waals surface area contributed by atoms with Gasteiger partial charge in [-0.1, -0.05) is 48.9 Å². The van der Waals surface area contributed by atoms with Crippen molar-refractivity contribution in [3.05, 3.63) is 70.4 Å². The second-order valence-electron chi connectivity index (χ2n) is 8.12. The summed E-state index contributed by atoms with van der Waals surface area (Å²) in [6.07, 6.45) is 4.83. The van der Waals surface area contributed by atoms with Gasteiger partial charge in [-0.3, -0.25) is 4.40 Å². The minimum atomic E-state index is -0.215. The smallest absolute Gasteiger partial charge is 0.175 e. The highest BCUT2D eigenvalue weighted by atomic mass is 35.5. The maximum Gasteiger partial charge on any atom is 0.175 e. The Kier molecular flexibility index (Phi) is 3.77. The lowest BCUT2D eigenvalue weighted by Gasteiger charge is -2.24. The second-order valence-corrected chi connectivity index (χ2v) is 8.55. The molecule has 142 valence electrons. The van der Waals surface area contributed by atoms with E-state index in [0.717, 1.165) is 34.9 Å². The highest BCUT2D eigenvalue weighted by Crippen LogP contribution is 2.53. The molecule has 3 aromatic heterocycles. The first-order valence-corrected chi connectivity index (χ1v) is 9.70. The predicted octanol–water partition coefficient (Wildman–Crippen LogP) is 3.50. The molecular formula is C20H20ClN7. The van der Waals surface area contributed by atoms with Crippen molar-refractivity contribution in [1.82, 2.24) is 35.2 Å². The molecule has 0 amide bonds. The molecule has 8 heteroatoms. The van der Waals surface area contributed by atoms with Gasteiger partial charge in [0.15, 0.2) is 11.5 Å². The number of tetrazole rings is 1. The fourth-order valence-corrected chi connectivity index (χ4v) is 4.18. The monoisotopic (exact) mass is 393 g/mol. The maximum absolute atomic E-state index is 6.08. The molecule has 7 nitrogen and oxygen atoms in total. The lowest BCUT2D eigenvalue weighted by Crippen LogP contribution is -2.23. The third-order valence-corrected chi connectivity index (χ3v) is 5.98. The van der Waals surface area contributed by atoms with E-state index in [4.69, 9.17) is 11.6 Å². The Balaban J connectivity index is 1.59. The van der Waals surface area contributed by atoms with Crippen LogP contribution >= 0.6 is 11.6 Å². The minimum Gasteiger partial charge on any atom is -0.285 e. The van der Waals surface area contributed by atoms with Crippen LogP contribution in [-0.4, -0.2) is 35.2 Å². The number of fused-ring (bicyclic) bond motifs is 1. The summed E-state index contributed by atoms with van der Waals surface area (Å²) in [4.78, 5) is 0. The maximum atomic E-state index is 6.08. The van der Waals surface area contributed by atoms with Gasteiger partial charge in [0, 0.05) is 28.6 Å². The Morgan fingerprint density at radius 2 is 1.89 bits per heavy atom. The third-order valence-electron chi connectivity index (χ3n) is 5.73. The van der Waals surface area contributed by atoms with Crippen LogP contribution < -0.4 is 0 Å². The van der Waals surface area contributed by atoms with Crippen LogP contribution in [0.3, 0.4) is 0 Å². The van der Waals surface area contributed by atoms with E-state index in [1.165, 1.54) is 5.56 Å². The second kappa shape index (κ2) is 6.10. The fourth-order valence-electron chi connectivity index (χ4n) is 4.05. The number of H-pyrrole nitrogens is 1. The highest BCUT2D eigenvalue weighted by molar-refractivity contribution is 6.30. The van der Waals surface area contributed by atoms with E-state index in [9.17, 15) is 0 Å². The molecule has 1 aliphatic carbocycles. The summed E-state index contributed by atoms with van der Waals surface area (Å²) in [6.45, 7) is 4.33. The van der Waals surface area contributed by atoms with Crippen LogP contribution in [0.1, 0.15) is 49.5 Å².